The molecule has 8 atom stereocenters. The molecule has 7 amide bonds. The van der Waals surface area contributed by atoms with Gasteiger partial charge >= 0.3 is 17.9 Å². The molecule has 0 saturated carbocycles. The fourth-order valence-corrected chi connectivity index (χ4v) is 6.31. The Labute approximate surface area is 381 Å². The van der Waals surface area contributed by atoms with Crippen molar-refractivity contribution in [2.75, 3.05) is 13.1 Å². The van der Waals surface area contributed by atoms with Crippen LogP contribution in [0.25, 0.3) is 0 Å². The van der Waals surface area contributed by atoms with Gasteiger partial charge < -0.3 is 69.7 Å². The van der Waals surface area contributed by atoms with Crippen molar-refractivity contribution in [3.8, 4) is 0 Å². The minimum atomic E-state index is -1.57. The third-order valence-electron chi connectivity index (χ3n) is 10.5. The Balaban J connectivity index is 6.47. The number of carbonyl (C=O) groups is 10. The maximum Gasteiger partial charge on any atom is 0.326 e. The van der Waals surface area contributed by atoms with E-state index in [0.717, 1.165) is 0 Å². The van der Waals surface area contributed by atoms with Gasteiger partial charge in [0, 0.05) is 12.8 Å². The molecular weight excluding hydrogens is 853 g/mol. The van der Waals surface area contributed by atoms with Crippen LogP contribution in [0.1, 0.15) is 120 Å². The Morgan fingerprint density at radius 1 is 0.385 bits per heavy atom. The maximum absolute atomic E-state index is 13.9. The van der Waals surface area contributed by atoms with Crippen LogP contribution in [0.5, 0.6) is 0 Å². The highest BCUT2D eigenvalue weighted by molar-refractivity contribution is 5.98. The summed E-state index contributed by atoms with van der Waals surface area (Å²) in [5.41, 5.74) is 17.1. The van der Waals surface area contributed by atoms with Crippen LogP contribution < -0.4 is 54.4 Å². The highest BCUT2D eigenvalue weighted by Gasteiger charge is 2.36. The number of aliphatic carboxylic acids is 3. The summed E-state index contributed by atoms with van der Waals surface area (Å²) in [7, 11) is 0. The smallest absolute Gasteiger partial charge is 0.326 e. The van der Waals surface area contributed by atoms with Crippen molar-refractivity contribution < 1.29 is 63.3 Å². The van der Waals surface area contributed by atoms with Crippen LogP contribution in [-0.2, 0) is 47.9 Å². The lowest BCUT2D eigenvalue weighted by atomic mass is 9.99. The summed E-state index contributed by atoms with van der Waals surface area (Å²) in [5, 5.41) is 46.1. The van der Waals surface area contributed by atoms with Crippen molar-refractivity contribution in [3.05, 3.63) is 0 Å². The normalized spacial score (nSPS) is 15.1. The van der Waals surface area contributed by atoms with E-state index in [1.54, 1.807) is 55.4 Å². The quantitative estimate of drug-likeness (QED) is 0.0330. The van der Waals surface area contributed by atoms with E-state index < -0.39 is 145 Å². The number of nitrogens with one attached hydrogen (secondary N) is 7. The number of hydrogen-bond donors (Lipinski definition) is 13. The molecule has 0 aliphatic carbocycles. The SMILES string of the molecule is CC(C)[C@H](N)C(=O)N[C@@H](CCC(=O)O)C(=O)N[C@H](C(=O)N[C@@H](CCC(=O)O)C(=O)N[C@H](C(=O)N[C@@H](CCCCN)C(=O)N[C@H](C(=O)N[C@@H](CCCCN)C(=O)O)C(C)C)C(C)C)C(C)C. The Morgan fingerprint density at radius 3 is 0.954 bits per heavy atom. The molecule has 0 radical (unpaired) electrons. The van der Waals surface area contributed by atoms with E-state index in [9.17, 15) is 63.3 Å². The molecule has 0 rings (SSSR count). The highest BCUT2D eigenvalue weighted by atomic mass is 16.4. The van der Waals surface area contributed by atoms with Gasteiger partial charge in [0.05, 0.1) is 6.04 Å². The lowest BCUT2D eigenvalue weighted by Gasteiger charge is -2.30. The molecule has 23 heteroatoms. The number of amides is 7. The topological polar surface area (TPSA) is 394 Å². The maximum atomic E-state index is 13.9. The summed E-state index contributed by atoms with van der Waals surface area (Å²) < 4.78 is 0. The van der Waals surface area contributed by atoms with Gasteiger partial charge in [0.15, 0.2) is 0 Å². The summed E-state index contributed by atoms with van der Waals surface area (Å²) in [4.78, 5) is 130. The molecule has 0 aromatic carbocycles. The van der Waals surface area contributed by atoms with E-state index in [1.165, 1.54) is 0 Å². The van der Waals surface area contributed by atoms with Gasteiger partial charge in [-0.25, -0.2) is 4.79 Å². The zero-order valence-corrected chi connectivity index (χ0v) is 39.1. The summed E-state index contributed by atoms with van der Waals surface area (Å²) >= 11 is 0. The fraction of sp³-hybridized carbons (Fsp3) is 0.762. The number of carbonyl (C=O) groups excluding carboxylic acids is 7. The van der Waals surface area contributed by atoms with E-state index in [0.29, 0.717) is 32.2 Å². The third-order valence-corrected chi connectivity index (χ3v) is 10.5. The van der Waals surface area contributed by atoms with Crippen molar-refractivity contribution in [2.45, 2.75) is 168 Å². The van der Waals surface area contributed by atoms with Crippen LogP contribution in [0.2, 0.25) is 0 Å². The number of nitrogens with two attached hydrogens (primary N) is 3. The second-order valence-corrected chi connectivity index (χ2v) is 17.5. The largest absolute Gasteiger partial charge is 0.481 e. The van der Waals surface area contributed by atoms with Crippen LogP contribution in [0.15, 0.2) is 0 Å². The molecule has 16 N–H and O–H groups in total. The third kappa shape index (κ3) is 22.9. The molecule has 0 aliphatic rings. The molecule has 0 heterocycles. The second kappa shape index (κ2) is 30.7. The van der Waals surface area contributed by atoms with E-state index in [1.807, 2.05) is 0 Å². The molecule has 0 unspecified atom stereocenters. The Morgan fingerprint density at radius 2 is 0.677 bits per heavy atom. The van der Waals surface area contributed by atoms with Gasteiger partial charge in [0.1, 0.15) is 42.3 Å². The molecule has 0 fully saturated rings. The number of carboxylic acids is 3. The highest BCUT2D eigenvalue weighted by Crippen LogP contribution is 2.12. The van der Waals surface area contributed by atoms with Gasteiger partial charge in [0.2, 0.25) is 41.4 Å². The van der Waals surface area contributed by atoms with Gasteiger partial charge in [-0.2, -0.15) is 0 Å². The summed E-state index contributed by atoms with van der Waals surface area (Å²) in [6, 6.07) is -10.5. The van der Waals surface area contributed by atoms with Crippen LogP contribution >= 0.6 is 0 Å². The number of unbranched alkanes of at least 4 members (excludes halogenated alkanes) is 2. The molecule has 23 nitrogen and oxygen atoms in total. The zero-order valence-electron chi connectivity index (χ0n) is 39.1. The number of rotatable bonds is 33. The van der Waals surface area contributed by atoms with Crippen LogP contribution in [0.3, 0.4) is 0 Å². The second-order valence-electron chi connectivity index (χ2n) is 17.5. The van der Waals surface area contributed by atoms with Crippen LogP contribution in [0, 0.1) is 23.7 Å². The van der Waals surface area contributed by atoms with Crippen molar-refractivity contribution in [2.24, 2.45) is 40.9 Å². The first-order valence-electron chi connectivity index (χ1n) is 22.2. The minimum absolute atomic E-state index is 0.0573. The molecule has 0 bridgehead atoms. The predicted molar refractivity (Wildman–Crippen MR) is 238 cm³/mol. The van der Waals surface area contributed by atoms with Crippen LogP contribution in [0.4, 0.5) is 0 Å². The molecular formula is C42H76N10O13. The Kier molecular flexibility index (Phi) is 28.1. The monoisotopic (exact) mass is 929 g/mol. The van der Waals surface area contributed by atoms with Crippen LogP contribution in [-0.4, -0.2) is 136 Å². The van der Waals surface area contributed by atoms with Crippen molar-refractivity contribution >= 4 is 59.3 Å². The first-order chi connectivity index (χ1) is 30.3. The molecule has 0 aromatic rings. The van der Waals surface area contributed by atoms with Crippen molar-refractivity contribution in [1.29, 1.82) is 0 Å². The van der Waals surface area contributed by atoms with E-state index in [-0.39, 0.29) is 31.7 Å². The van der Waals surface area contributed by atoms with Gasteiger partial charge in [-0.15, -0.1) is 0 Å². The predicted octanol–water partition coefficient (Wildman–Crippen LogP) is -1.60. The van der Waals surface area contributed by atoms with Gasteiger partial charge in [-0.05, 0) is 88.1 Å². The van der Waals surface area contributed by atoms with Crippen molar-refractivity contribution in [1.82, 2.24) is 37.2 Å². The van der Waals surface area contributed by atoms with E-state index in [2.05, 4.69) is 37.2 Å². The average molecular weight is 929 g/mol. The lowest BCUT2D eigenvalue weighted by Crippen LogP contribution is -2.61. The van der Waals surface area contributed by atoms with Gasteiger partial charge in [-0.1, -0.05) is 55.4 Å². The molecule has 0 aromatic heterocycles. The number of hydrogen-bond acceptors (Lipinski definition) is 13. The van der Waals surface area contributed by atoms with Crippen molar-refractivity contribution in [3.63, 3.8) is 0 Å². The summed E-state index contributed by atoms with van der Waals surface area (Å²) in [6.07, 6.45) is 0.0461. The lowest BCUT2D eigenvalue weighted by molar-refractivity contribution is -0.143. The van der Waals surface area contributed by atoms with E-state index in [4.69, 9.17) is 17.2 Å². The molecule has 0 spiro atoms. The standard InChI is InChI=1S/C42H76N10O13/c1-21(2)31(45)38(60)46-26(15-17-29(53)54)36(58)51-33(23(5)6)40(62)48-27(16-18-30(55)56)37(59)52-32(22(3)4)39(61)47-25(13-9-11-19-43)35(57)50-34(24(7)8)41(63)49-28(42(64)65)14-10-12-20-44/h21-28,31-34H,9-20,43-45H2,1-8H3,(H,46,60)(H,47,61)(H,48,62)(H,49,63)(H,50,57)(H,51,58)(H,52,59)(H,53,54)(H,55,56)(H,64,65)/t25-,26-,27-,28-,31-,32-,33-,34-/m0/s1. The zero-order chi connectivity index (χ0) is 50.1. The number of carboxylic acid groups (broad SMARTS) is 3. The van der Waals surface area contributed by atoms with E-state index >= 15 is 0 Å². The first kappa shape index (κ1) is 59.6. The average Bonchev–Trinajstić information content (AvgIpc) is 3.21. The molecule has 372 valence electrons. The Hall–Kier alpha value is -5.42. The molecule has 65 heavy (non-hydrogen) atoms. The fourth-order valence-electron chi connectivity index (χ4n) is 6.31. The Bertz CT molecular complexity index is 1610. The summed E-state index contributed by atoms with van der Waals surface area (Å²) in [6.45, 7) is 13.5. The first-order valence-corrected chi connectivity index (χ1v) is 22.2. The minimum Gasteiger partial charge on any atom is -0.481 e. The van der Waals surface area contributed by atoms with Gasteiger partial charge in [0.25, 0.3) is 0 Å². The molecule has 0 saturated heterocycles. The molecule has 0 aliphatic heterocycles. The summed E-state index contributed by atoms with van der Waals surface area (Å²) in [5.74, 6) is -11.9. The van der Waals surface area contributed by atoms with Gasteiger partial charge in [-0.3, -0.25) is 43.2 Å².